The van der Waals surface area contributed by atoms with Crippen LogP contribution in [-0.2, 0) is 12.8 Å². The first kappa shape index (κ1) is 14.1. The highest BCUT2D eigenvalue weighted by atomic mass is 35.5. The zero-order valence-electron chi connectivity index (χ0n) is 12.0. The van der Waals surface area contributed by atoms with Gasteiger partial charge in [0.25, 0.3) is 0 Å². The van der Waals surface area contributed by atoms with Crippen molar-refractivity contribution in [2.75, 3.05) is 13.1 Å². The van der Waals surface area contributed by atoms with Crippen molar-refractivity contribution < 1.29 is 0 Å². The lowest BCUT2D eigenvalue weighted by Gasteiger charge is -2.08. The highest BCUT2D eigenvalue weighted by Crippen LogP contribution is 2.36. The van der Waals surface area contributed by atoms with Gasteiger partial charge in [-0.25, -0.2) is 0 Å². The highest BCUT2D eigenvalue weighted by Gasteiger charge is 2.17. The number of hydrogen-bond acceptors (Lipinski definition) is 1. The molecule has 1 aliphatic heterocycles. The molecule has 1 aliphatic rings. The van der Waals surface area contributed by atoms with E-state index in [4.69, 9.17) is 23.2 Å². The van der Waals surface area contributed by atoms with Gasteiger partial charge in [0.1, 0.15) is 0 Å². The van der Waals surface area contributed by atoms with Crippen LogP contribution in [0.15, 0.2) is 36.4 Å². The molecule has 2 nitrogen and oxygen atoms in total. The van der Waals surface area contributed by atoms with E-state index in [2.05, 4.69) is 28.5 Å². The van der Waals surface area contributed by atoms with Crippen LogP contribution in [0.3, 0.4) is 0 Å². The third kappa shape index (κ3) is 2.32. The second kappa shape index (κ2) is 5.62. The summed E-state index contributed by atoms with van der Waals surface area (Å²) in [5, 5.41) is 5.97. The van der Waals surface area contributed by atoms with E-state index in [-0.39, 0.29) is 0 Å². The Labute approximate surface area is 139 Å². The Bertz CT molecular complexity index is 852. The molecule has 4 heteroatoms. The molecule has 1 aromatic heterocycles. The number of fused-ring (bicyclic) bond motifs is 3. The lowest BCUT2D eigenvalue weighted by Crippen LogP contribution is -2.16. The summed E-state index contributed by atoms with van der Waals surface area (Å²) in [5.41, 5.74) is 6.32. The van der Waals surface area contributed by atoms with E-state index < -0.39 is 0 Å². The van der Waals surface area contributed by atoms with Gasteiger partial charge in [-0.15, -0.1) is 0 Å². The monoisotopic (exact) mass is 330 g/mol. The minimum absolute atomic E-state index is 0.592. The van der Waals surface area contributed by atoms with Crippen LogP contribution in [-0.4, -0.2) is 18.1 Å². The molecule has 0 saturated carbocycles. The Morgan fingerprint density at radius 1 is 0.909 bits per heavy atom. The SMILES string of the molecule is Clc1ccc(-c2cccc3[nH]c4c(c23)CCNCC4)cc1Cl. The quantitative estimate of drug-likeness (QED) is 0.657. The summed E-state index contributed by atoms with van der Waals surface area (Å²) in [6, 6.07) is 12.3. The highest BCUT2D eigenvalue weighted by molar-refractivity contribution is 6.42. The van der Waals surface area contributed by atoms with Crippen LogP contribution in [0.25, 0.3) is 22.0 Å². The van der Waals surface area contributed by atoms with Gasteiger partial charge in [0.2, 0.25) is 0 Å². The Morgan fingerprint density at radius 2 is 1.77 bits per heavy atom. The van der Waals surface area contributed by atoms with Gasteiger partial charge in [-0.1, -0.05) is 41.4 Å². The second-order valence-electron chi connectivity index (χ2n) is 5.69. The standard InChI is InChI=1S/C18H16Cl2N2/c19-14-5-4-11(10-15(14)20)12-2-1-3-17-18(12)13-6-8-21-9-7-16(13)22-17/h1-5,10,21-22H,6-9H2. The minimum Gasteiger partial charge on any atom is -0.358 e. The Kier molecular flexibility index (Phi) is 3.61. The molecule has 2 aromatic carbocycles. The number of aromatic amines is 1. The molecule has 0 spiro atoms. The van der Waals surface area contributed by atoms with Crippen LogP contribution in [0.5, 0.6) is 0 Å². The molecule has 0 fully saturated rings. The number of benzene rings is 2. The minimum atomic E-state index is 0.592. The number of halogens is 2. The van der Waals surface area contributed by atoms with Crippen LogP contribution >= 0.6 is 23.2 Å². The molecule has 0 bridgehead atoms. The van der Waals surface area contributed by atoms with Gasteiger partial charge in [0.05, 0.1) is 10.0 Å². The van der Waals surface area contributed by atoms with Gasteiger partial charge in [0, 0.05) is 29.6 Å². The van der Waals surface area contributed by atoms with Gasteiger partial charge >= 0.3 is 0 Å². The lowest BCUT2D eigenvalue weighted by molar-refractivity contribution is 0.708. The van der Waals surface area contributed by atoms with E-state index in [1.165, 1.54) is 27.7 Å². The normalized spacial score (nSPS) is 14.8. The predicted octanol–water partition coefficient (Wildman–Crippen LogP) is 4.83. The zero-order chi connectivity index (χ0) is 15.1. The fourth-order valence-corrected chi connectivity index (χ4v) is 3.61. The Hall–Kier alpha value is -1.48. The predicted molar refractivity (Wildman–Crippen MR) is 94.0 cm³/mol. The van der Waals surface area contributed by atoms with Gasteiger partial charge in [-0.3, -0.25) is 0 Å². The summed E-state index contributed by atoms with van der Waals surface area (Å²) in [6.07, 6.45) is 2.10. The number of hydrogen-bond donors (Lipinski definition) is 2. The smallest absolute Gasteiger partial charge is 0.0598 e. The summed E-state index contributed by atoms with van der Waals surface area (Å²) < 4.78 is 0. The first-order valence-electron chi connectivity index (χ1n) is 7.52. The molecular formula is C18H16Cl2N2. The van der Waals surface area contributed by atoms with Crippen molar-refractivity contribution >= 4 is 34.1 Å². The zero-order valence-corrected chi connectivity index (χ0v) is 13.6. The third-order valence-corrected chi connectivity index (χ3v) is 5.09. The number of H-pyrrole nitrogens is 1. The van der Waals surface area contributed by atoms with E-state index in [1.807, 2.05) is 18.2 Å². The molecule has 4 rings (SSSR count). The van der Waals surface area contributed by atoms with E-state index in [0.29, 0.717) is 10.0 Å². The molecule has 0 unspecified atom stereocenters. The summed E-state index contributed by atoms with van der Waals surface area (Å²) in [7, 11) is 0. The van der Waals surface area contributed by atoms with Crippen molar-refractivity contribution in [3.63, 3.8) is 0 Å². The molecule has 0 aliphatic carbocycles. The number of aromatic nitrogens is 1. The maximum Gasteiger partial charge on any atom is 0.0598 e. The first-order valence-corrected chi connectivity index (χ1v) is 8.28. The average molecular weight is 331 g/mol. The molecule has 0 radical (unpaired) electrons. The van der Waals surface area contributed by atoms with Crippen LogP contribution in [0.4, 0.5) is 0 Å². The molecule has 2 heterocycles. The summed E-state index contributed by atoms with van der Waals surface area (Å²) in [4.78, 5) is 3.59. The van der Waals surface area contributed by atoms with Crippen molar-refractivity contribution in [2.45, 2.75) is 12.8 Å². The molecule has 0 atom stereocenters. The Balaban J connectivity index is 1.97. The topological polar surface area (TPSA) is 27.8 Å². The molecule has 3 aromatic rings. The maximum atomic E-state index is 6.21. The largest absolute Gasteiger partial charge is 0.358 e. The van der Waals surface area contributed by atoms with Gasteiger partial charge in [-0.05, 0) is 47.9 Å². The summed E-state index contributed by atoms with van der Waals surface area (Å²) in [6.45, 7) is 2.05. The number of nitrogens with one attached hydrogen (secondary N) is 2. The average Bonchev–Trinajstić information content (AvgIpc) is 2.72. The van der Waals surface area contributed by atoms with E-state index in [1.54, 1.807) is 0 Å². The fraction of sp³-hybridized carbons (Fsp3) is 0.222. The molecule has 22 heavy (non-hydrogen) atoms. The van der Waals surface area contributed by atoms with Crippen LogP contribution in [0.2, 0.25) is 10.0 Å². The molecule has 0 saturated heterocycles. The molecule has 112 valence electrons. The summed E-state index contributed by atoms with van der Waals surface area (Å²) >= 11 is 12.3. The van der Waals surface area contributed by atoms with Crippen molar-refractivity contribution in [3.05, 3.63) is 57.7 Å². The van der Waals surface area contributed by atoms with Crippen LogP contribution in [0, 0.1) is 0 Å². The van der Waals surface area contributed by atoms with Crippen molar-refractivity contribution in [1.82, 2.24) is 10.3 Å². The van der Waals surface area contributed by atoms with E-state index in [9.17, 15) is 0 Å². The van der Waals surface area contributed by atoms with Crippen molar-refractivity contribution in [1.29, 1.82) is 0 Å². The van der Waals surface area contributed by atoms with Crippen LogP contribution < -0.4 is 5.32 Å². The summed E-state index contributed by atoms with van der Waals surface area (Å²) in [5.74, 6) is 0. The molecule has 2 N–H and O–H groups in total. The van der Waals surface area contributed by atoms with E-state index >= 15 is 0 Å². The van der Waals surface area contributed by atoms with Crippen molar-refractivity contribution in [2.24, 2.45) is 0 Å². The van der Waals surface area contributed by atoms with Gasteiger partial charge < -0.3 is 10.3 Å². The fourth-order valence-electron chi connectivity index (χ4n) is 3.32. The third-order valence-electron chi connectivity index (χ3n) is 4.35. The Morgan fingerprint density at radius 3 is 2.64 bits per heavy atom. The number of rotatable bonds is 1. The van der Waals surface area contributed by atoms with Gasteiger partial charge in [-0.2, -0.15) is 0 Å². The maximum absolute atomic E-state index is 6.21. The first-order chi connectivity index (χ1) is 10.7. The second-order valence-corrected chi connectivity index (χ2v) is 6.50. The van der Waals surface area contributed by atoms with Crippen LogP contribution in [0.1, 0.15) is 11.3 Å². The van der Waals surface area contributed by atoms with Gasteiger partial charge in [0.15, 0.2) is 0 Å². The lowest BCUT2D eigenvalue weighted by atomic mass is 9.97. The van der Waals surface area contributed by atoms with Crippen molar-refractivity contribution in [3.8, 4) is 11.1 Å². The molecular weight excluding hydrogens is 315 g/mol. The molecule has 0 amide bonds. The van der Waals surface area contributed by atoms with E-state index in [0.717, 1.165) is 31.5 Å².